The number of likely N-dealkylation sites (tertiary alicyclic amines) is 1. The van der Waals surface area contributed by atoms with E-state index in [1.54, 1.807) is 25.4 Å². The van der Waals surface area contributed by atoms with E-state index in [-0.39, 0.29) is 19.0 Å². The molecule has 1 amide bonds. The van der Waals surface area contributed by atoms with Crippen LogP contribution in [0.3, 0.4) is 0 Å². The number of amides is 1. The molecule has 0 radical (unpaired) electrons. The van der Waals surface area contributed by atoms with Crippen LogP contribution in [0.25, 0.3) is 0 Å². The summed E-state index contributed by atoms with van der Waals surface area (Å²) in [5.41, 5.74) is -1.15. The summed E-state index contributed by atoms with van der Waals surface area (Å²) in [5, 5.41) is 14.6. The van der Waals surface area contributed by atoms with E-state index in [4.69, 9.17) is 9.26 Å². The van der Waals surface area contributed by atoms with Gasteiger partial charge in [-0.2, -0.15) is 0 Å². The molecule has 0 saturated carbocycles. The molecule has 1 saturated heterocycles. The number of carbonyl (C=O) groups excluding carboxylic acids is 1. The predicted molar refractivity (Wildman–Crippen MR) is 95.4 cm³/mol. The average molecular weight is 377 g/mol. The predicted octanol–water partition coefficient (Wildman–Crippen LogP) is 1.81. The Morgan fingerprint density at radius 1 is 1.44 bits per heavy atom. The largest absolute Gasteiger partial charge is 0.497 e. The van der Waals surface area contributed by atoms with Crippen LogP contribution in [0.1, 0.15) is 24.2 Å². The van der Waals surface area contributed by atoms with Crippen LogP contribution in [0.2, 0.25) is 0 Å². The second-order valence-corrected chi connectivity index (χ2v) is 6.97. The van der Waals surface area contributed by atoms with E-state index in [0.29, 0.717) is 43.0 Å². The Kier molecular flexibility index (Phi) is 5.76. The molecule has 1 aliphatic rings. The molecule has 0 unspecified atom stereocenters. The summed E-state index contributed by atoms with van der Waals surface area (Å²) in [6.07, 6.45) is 2.56. The van der Waals surface area contributed by atoms with Crippen molar-refractivity contribution in [3.8, 4) is 5.75 Å². The molecular weight excluding hydrogens is 353 g/mol. The molecular formula is C19H24FN3O4. The number of benzene rings is 1. The van der Waals surface area contributed by atoms with Crippen molar-refractivity contribution in [2.75, 3.05) is 27.2 Å². The van der Waals surface area contributed by atoms with Crippen LogP contribution >= 0.6 is 0 Å². The van der Waals surface area contributed by atoms with Gasteiger partial charge in [0.2, 0.25) is 0 Å². The molecule has 1 N–H and O–H groups in total. The van der Waals surface area contributed by atoms with E-state index in [9.17, 15) is 14.3 Å². The molecule has 27 heavy (non-hydrogen) atoms. The lowest BCUT2D eigenvalue weighted by molar-refractivity contribution is -0.160. The topological polar surface area (TPSA) is 79.0 Å². The number of ether oxygens (including phenoxy) is 1. The van der Waals surface area contributed by atoms with E-state index in [1.165, 1.54) is 24.1 Å². The van der Waals surface area contributed by atoms with Crippen LogP contribution in [0.5, 0.6) is 5.75 Å². The summed E-state index contributed by atoms with van der Waals surface area (Å²) in [5.74, 6) is 0.387. The Hall–Kier alpha value is -2.45. The highest BCUT2D eigenvalue weighted by atomic mass is 19.1. The fraction of sp³-hybridized carbons (Fsp3) is 0.474. The lowest BCUT2D eigenvalue weighted by atomic mass is 9.90. The number of methoxy groups -OCH3 is 1. The van der Waals surface area contributed by atoms with Gasteiger partial charge in [0.05, 0.1) is 19.9 Å². The molecule has 2 aromatic rings. The Labute approximate surface area is 157 Å². The third-order valence-corrected chi connectivity index (χ3v) is 4.77. The van der Waals surface area contributed by atoms with E-state index < -0.39 is 11.4 Å². The van der Waals surface area contributed by atoms with Gasteiger partial charge in [0.25, 0.3) is 5.91 Å². The van der Waals surface area contributed by atoms with Crippen LogP contribution in [-0.4, -0.2) is 58.8 Å². The van der Waals surface area contributed by atoms with Crippen LogP contribution in [0.4, 0.5) is 4.39 Å². The highest BCUT2D eigenvalue weighted by Crippen LogP contribution is 2.27. The Bertz CT molecular complexity index is 783. The van der Waals surface area contributed by atoms with Gasteiger partial charge < -0.3 is 19.3 Å². The summed E-state index contributed by atoms with van der Waals surface area (Å²) in [4.78, 5) is 16.2. The van der Waals surface area contributed by atoms with E-state index in [2.05, 4.69) is 5.16 Å². The van der Waals surface area contributed by atoms with E-state index in [0.717, 1.165) is 0 Å². The smallest absolute Gasteiger partial charge is 0.256 e. The van der Waals surface area contributed by atoms with Gasteiger partial charge in [0, 0.05) is 31.3 Å². The van der Waals surface area contributed by atoms with Crippen molar-refractivity contribution in [1.29, 1.82) is 0 Å². The molecule has 1 aromatic carbocycles. The number of aromatic nitrogens is 1. The lowest BCUT2D eigenvalue weighted by Crippen LogP contribution is -2.57. The Balaban J connectivity index is 1.69. The van der Waals surface area contributed by atoms with Crippen LogP contribution in [0.15, 0.2) is 35.0 Å². The minimum absolute atomic E-state index is 0.0932. The molecule has 0 aliphatic carbocycles. The van der Waals surface area contributed by atoms with Crippen molar-refractivity contribution in [3.63, 3.8) is 0 Å². The Morgan fingerprint density at radius 3 is 2.96 bits per heavy atom. The van der Waals surface area contributed by atoms with Crippen molar-refractivity contribution in [2.24, 2.45) is 0 Å². The van der Waals surface area contributed by atoms with Gasteiger partial charge in [-0.15, -0.1) is 0 Å². The third kappa shape index (κ3) is 4.45. The summed E-state index contributed by atoms with van der Waals surface area (Å²) in [6, 6.07) is 6.17. The van der Waals surface area contributed by atoms with Gasteiger partial charge in [-0.05, 0) is 38.1 Å². The molecule has 0 spiro atoms. The van der Waals surface area contributed by atoms with Crippen molar-refractivity contribution < 1.29 is 23.6 Å². The molecule has 8 heteroatoms. The maximum atomic E-state index is 14.1. The molecule has 1 aromatic heterocycles. The Morgan fingerprint density at radius 2 is 2.26 bits per heavy atom. The zero-order valence-electron chi connectivity index (χ0n) is 15.5. The normalized spacial score (nSPS) is 20.3. The first-order valence-electron chi connectivity index (χ1n) is 8.83. The quantitative estimate of drug-likeness (QED) is 0.793. The minimum atomic E-state index is -1.51. The highest BCUT2D eigenvalue weighted by molar-refractivity contribution is 5.86. The molecule has 0 bridgehead atoms. The number of likely N-dealkylation sites (N-methyl/N-ethyl adjacent to an activating group) is 1. The molecule has 3 rings (SSSR count). The number of piperidine rings is 1. The van der Waals surface area contributed by atoms with Crippen molar-refractivity contribution in [3.05, 3.63) is 47.6 Å². The molecule has 1 atom stereocenters. The molecule has 1 fully saturated rings. The fourth-order valence-electron chi connectivity index (χ4n) is 3.46. The zero-order chi connectivity index (χ0) is 19.4. The van der Waals surface area contributed by atoms with Crippen molar-refractivity contribution in [2.45, 2.75) is 31.5 Å². The number of aliphatic hydroxyl groups is 1. The zero-order valence-corrected chi connectivity index (χ0v) is 15.5. The standard InChI is InChI=1S/C19H24FN3O4/c1-22(12-16-6-8-21-27-16)13-19(25)7-3-9-23(18(19)24)11-14-10-15(26-2)4-5-17(14)20/h4-6,8,10,25H,3,7,9,11-13H2,1-2H3/t19-/m1/s1. The summed E-state index contributed by atoms with van der Waals surface area (Å²) in [7, 11) is 3.31. The monoisotopic (exact) mass is 377 g/mol. The molecule has 7 nitrogen and oxygen atoms in total. The maximum Gasteiger partial charge on any atom is 0.256 e. The third-order valence-electron chi connectivity index (χ3n) is 4.77. The molecule has 1 aliphatic heterocycles. The molecule has 146 valence electrons. The first-order chi connectivity index (χ1) is 12.9. The number of hydrogen-bond donors (Lipinski definition) is 1. The SMILES string of the molecule is COc1ccc(F)c(CN2CCC[C@@](O)(CN(C)Cc3ccno3)C2=O)c1. The summed E-state index contributed by atoms with van der Waals surface area (Å²) < 4.78 is 24.3. The second-order valence-electron chi connectivity index (χ2n) is 6.97. The van der Waals surface area contributed by atoms with E-state index in [1.807, 2.05) is 4.90 Å². The highest BCUT2D eigenvalue weighted by Gasteiger charge is 2.43. The fourth-order valence-corrected chi connectivity index (χ4v) is 3.46. The summed E-state index contributed by atoms with van der Waals surface area (Å²) >= 11 is 0. The van der Waals surface area contributed by atoms with Gasteiger partial charge in [0.1, 0.15) is 11.6 Å². The summed E-state index contributed by atoms with van der Waals surface area (Å²) in [6.45, 7) is 1.16. The van der Waals surface area contributed by atoms with Gasteiger partial charge in [-0.3, -0.25) is 9.69 Å². The van der Waals surface area contributed by atoms with Gasteiger partial charge in [0.15, 0.2) is 11.4 Å². The van der Waals surface area contributed by atoms with Gasteiger partial charge in [-0.25, -0.2) is 4.39 Å². The van der Waals surface area contributed by atoms with Crippen molar-refractivity contribution >= 4 is 5.91 Å². The number of rotatable bonds is 7. The first-order valence-corrected chi connectivity index (χ1v) is 8.83. The first kappa shape index (κ1) is 19.3. The number of carbonyl (C=O) groups is 1. The van der Waals surface area contributed by atoms with Gasteiger partial charge in [-0.1, -0.05) is 5.16 Å². The number of hydrogen-bond acceptors (Lipinski definition) is 6. The lowest BCUT2D eigenvalue weighted by Gasteiger charge is -2.40. The van der Waals surface area contributed by atoms with Crippen LogP contribution in [-0.2, 0) is 17.9 Å². The number of nitrogens with zero attached hydrogens (tertiary/aromatic N) is 3. The van der Waals surface area contributed by atoms with Crippen LogP contribution < -0.4 is 4.74 Å². The number of halogens is 1. The maximum absolute atomic E-state index is 14.1. The van der Waals surface area contributed by atoms with E-state index >= 15 is 0 Å². The minimum Gasteiger partial charge on any atom is -0.497 e. The van der Waals surface area contributed by atoms with Gasteiger partial charge >= 0.3 is 0 Å². The van der Waals surface area contributed by atoms with Crippen LogP contribution in [0, 0.1) is 5.82 Å². The molecule has 2 heterocycles. The van der Waals surface area contributed by atoms with Crippen molar-refractivity contribution in [1.82, 2.24) is 15.0 Å². The second kappa shape index (κ2) is 8.06. The average Bonchev–Trinajstić information content (AvgIpc) is 3.13.